The van der Waals surface area contributed by atoms with Gasteiger partial charge in [-0.3, -0.25) is 4.72 Å². The molecule has 0 aliphatic heterocycles. The van der Waals surface area contributed by atoms with Crippen molar-refractivity contribution in [1.82, 2.24) is 5.32 Å². The Morgan fingerprint density at radius 3 is 2.05 bits per heavy atom. The number of sulfonamides is 1. The number of hydrogen-bond donors (Lipinski definition) is 3. The van der Waals surface area contributed by atoms with Crippen molar-refractivity contribution >= 4 is 40.5 Å². The third kappa shape index (κ3) is 8.60. The molecule has 0 fully saturated rings. The smallest absolute Gasteiger partial charge is 0.229 e. The molecule has 20 heavy (non-hydrogen) atoms. The molecule has 0 amide bonds. The maximum Gasteiger partial charge on any atom is 0.229 e. The lowest BCUT2D eigenvalue weighted by Crippen LogP contribution is -2.27. The number of benzene rings is 1. The summed E-state index contributed by atoms with van der Waals surface area (Å²) >= 11 is 0. The molecule has 0 spiro atoms. The monoisotopic (exact) mass is 344 g/mol. The maximum absolute atomic E-state index is 11.0. The van der Waals surface area contributed by atoms with Gasteiger partial charge in [-0.2, -0.15) is 0 Å². The van der Waals surface area contributed by atoms with E-state index in [0.717, 1.165) is 11.8 Å². The highest BCUT2D eigenvalue weighted by molar-refractivity contribution is 7.92. The van der Waals surface area contributed by atoms with Crippen LogP contribution >= 0.6 is 24.8 Å². The van der Waals surface area contributed by atoms with E-state index in [1.165, 1.54) is 0 Å². The molecule has 5 nitrogen and oxygen atoms in total. The lowest BCUT2D eigenvalue weighted by molar-refractivity contribution is 0.171. The van der Waals surface area contributed by atoms with Gasteiger partial charge in [0.1, 0.15) is 0 Å². The SMILES string of the molecule is CC(C)NCC(O)c1ccc(NS(C)(=O)=O)cc1.Cl.Cl. The summed E-state index contributed by atoms with van der Waals surface area (Å²) in [4.78, 5) is 0. The molecule has 1 aromatic rings. The quantitative estimate of drug-likeness (QED) is 0.736. The molecule has 1 atom stereocenters. The van der Waals surface area contributed by atoms with E-state index >= 15 is 0 Å². The van der Waals surface area contributed by atoms with Gasteiger partial charge >= 0.3 is 0 Å². The van der Waals surface area contributed by atoms with Crippen molar-refractivity contribution in [2.45, 2.75) is 26.0 Å². The summed E-state index contributed by atoms with van der Waals surface area (Å²) in [6, 6.07) is 7.00. The van der Waals surface area contributed by atoms with Crippen LogP contribution in [-0.4, -0.2) is 32.4 Å². The van der Waals surface area contributed by atoms with E-state index in [-0.39, 0.29) is 24.8 Å². The maximum atomic E-state index is 11.0. The van der Waals surface area contributed by atoms with Gasteiger partial charge < -0.3 is 10.4 Å². The Balaban J connectivity index is 0. The topological polar surface area (TPSA) is 78.4 Å². The summed E-state index contributed by atoms with van der Waals surface area (Å²) in [7, 11) is -3.26. The Hall–Kier alpha value is -0.530. The minimum absolute atomic E-state index is 0. The lowest BCUT2D eigenvalue weighted by Gasteiger charge is -2.14. The largest absolute Gasteiger partial charge is 0.387 e. The normalized spacial score (nSPS) is 12.2. The Labute approximate surface area is 133 Å². The minimum atomic E-state index is -3.26. The first-order valence-electron chi connectivity index (χ1n) is 5.77. The van der Waals surface area contributed by atoms with Gasteiger partial charge in [-0.1, -0.05) is 26.0 Å². The lowest BCUT2D eigenvalue weighted by atomic mass is 10.1. The fourth-order valence-corrected chi connectivity index (χ4v) is 2.02. The number of rotatable bonds is 6. The van der Waals surface area contributed by atoms with E-state index in [1.54, 1.807) is 24.3 Å². The van der Waals surface area contributed by atoms with Crippen LogP contribution in [0.25, 0.3) is 0 Å². The van der Waals surface area contributed by atoms with Crippen molar-refractivity contribution in [3.8, 4) is 0 Å². The summed E-state index contributed by atoms with van der Waals surface area (Å²) in [6.07, 6.45) is 0.502. The molecule has 118 valence electrons. The second-order valence-corrected chi connectivity index (χ2v) is 6.32. The Kier molecular flexibility index (Phi) is 10.2. The van der Waals surface area contributed by atoms with Crippen molar-refractivity contribution in [3.05, 3.63) is 29.8 Å². The molecule has 1 unspecified atom stereocenters. The van der Waals surface area contributed by atoms with E-state index in [1.807, 2.05) is 13.8 Å². The summed E-state index contributed by atoms with van der Waals surface area (Å²) in [5, 5.41) is 13.0. The second kappa shape index (κ2) is 9.41. The van der Waals surface area contributed by atoms with Crippen LogP contribution in [0, 0.1) is 0 Å². The highest BCUT2D eigenvalue weighted by atomic mass is 35.5. The molecule has 0 saturated carbocycles. The van der Waals surface area contributed by atoms with Crippen molar-refractivity contribution in [1.29, 1.82) is 0 Å². The zero-order chi connectivity index (χ0) is 13.8. The standard InChI is InChI=1S/C12H20N2O3S.2ClH/c1-9(2)13-8-12(15)10-4-6-11(7-5-10)14-18(3,16)17;;/h4-7,9,12-15H,8H2,1-3H3;2*1H. The molecular formula is C12H22Cl2N2O3S. The Morgan fingerprint density at radius 1 is 1.15 bits per heavy atom. The number of aliphatic hydroxyl groups is 1. The Bertz CT molecular complexity index is 478. The number of halogens is 2. The van der Waals surface area contributed by atoms with E-state index in [0.29, 0.717) is 18.3 Å². The first-order chi connectivity index (χ1) is 8.28. The summed E-state index contributed by atoms with van der Waals surface area (Å²) in [5.74, 6) is 0. The molecule has 0 bridgehead atoms. The van der Waals surface area contributed by atoms with Crippen LogP contribution < -0.4 is 10.0 Å². The molecule has 0 aliphatic carbocycles. The van der Waals surface area contributed by atoms with Gasteiger partial charge in [-0.15, -0.1) is 24.8 Å². The van der Waals surface area contributed by atoms with E-state index in [9.17, 15) is 13.5 Å². The van der Waals surface area contributed by atoms with Crippen molar-refractivity contribution in [2.75, 3.05) is 17.5 Å². The van der Waals surface area contributed by atoms with Crippen molar-refractivity contribution in [2.24, 2.45) is 0 Å². The molecule has 3 N–H and O–H groups in total. The molecule has 0 aromatic heterocycles. The van der Waals surface area contributed by atoms with Crippen LogP contribution in [0.5, 0.6) is 0 Å². The second-order valence-electron chi connectivity index (χ2n) is 4.57. The van der Waals surface area contributed by atoms with Gasteiger partial charge in [-0.05, 0) is 17.7 Å². The van der Waals surface area contributed by atoms with Gasteiger partial charge in [0.25, 0.3) is 0 Å². The third-order valence-corrected chi connectivity index (χ3v) is 2.92. The van der Waals surface area contributed by atoms with Gasteiger partial charge in [-0.25, -0.2) is 8.42 Å². The van der Waals surface area contributed by atoms with Crippen LogP contribution in [0.2, 0.25) is 0 Å². The van der Waals surface area contributed by atoms with E-state index < -0.39 is 16.1 Å². The Morgan fingerprint density at radius 2 is 1.65 bits per heavy atom. The average molecular weight is 345 g/mol. The number of anilines is 1. The predicted octanol–water partition coefficient (Wildman–Crippen LogP) is 1.93. The molecular weight excluding hydrogens is 323 g/mol. The molecule has 0 radical (unpaired) electrons. The minimum Gasteiger partial charge on any atom is -0.387 e. The summed E-state index contributed by atoms with van der Waals surface area (Å²) < 4.78 is 24.4. The fourth-order valence-electron chi connectivity index (χ4n) is 1.45. The van der Waals surface area contributed by atoms with Crippen LogP contribution in [0.15, 0.2) is 24.3 Å². The first-order valence-corrected chi connectivity index (χ1v) is 7.66. The number of aliphatic hydroxyl groups excluding tert-OH is 1. The van der Waals surface area contributed by atoms with Crippen molar-refractivity contribution in [3.63, 3.8) is 0 Å². The van der Waals surface area contributed by atoms with Crippen LogP contribution in [0.1, 0.15) is 25.5 Å². The first kappa shape index (κ1) is 21.8. The molecule has 0 saturated heterocycles. The van der Waals surface area contributed by atoms with Crippen LogP contribution in [-0.2, 0) is 10.0 Å². The summed E-state index contributed by atoms with van der Waals surface area (Å²) in [6.45, 7) is 4.48. The zero-order valence-electron chi connectivity index (χ0n) is 11.7. The number of nitrogens with one attached hydrogen (secondary N) is 2. The van der Waals surface area contributed by atoms with E-state index in [4.69, 9.17) is 0 Å². The van der Waals surface area contributed by atoms with Gasteiger partial charge in [0.2, 0.25) is 10.0 Å². The molecule has 1 aromatic carbocycles. The predicted molar refractivity (Wildman–Crippen MR) is 87.5 cm³/mol. The van der Waals surface area contributed by atoms with Gasteiger partial charge in [0.05, 0.1) is 12.4 Å². The fraction of sp³-hybridized carbons (Fsp3) is 0.500. The molecule has 0 heterocycles. The third-order valence-electron chi connectivity index (χ3n) is 2.32. The molecule has 0 aliphatic rings. The van der Waals surface area contributed by atoms with E-state index in [2.05, 4.69) is 10.0 Å². The van der Waals surface area contributed by atoms with Gasteiger partial charge in [0, 0.05) is 18.3 Å². The van der Waals surface area contributed by atoms with Gasteiger partial charge in [0.15, 0.2) is 0 Å². The average Bonchev–Trinajstić information content (AvgIpc) is 2.24. The zero-order valence-corrected chi connectivity index (χ0v) is 14.1. The van der Waals surface area contributed by atoms with Crippen LogP contribution in [0.3, 0.4) is 0 Å². The highest BCUT2D eigenvalue weighted by Crippen LogP contribution is 2.16. The molecule has 8 heteroatoms. The summed E-state index contributed by atoms with van der Waals surface area (Å²) in [5.41, 5.74) is 1.24. The van der Waals surface area contributed by atoms with Crippen molar-refractivity contribution < 1.29 is 13.5 Å². The highest BCUT2D eigenvalue weighted by Gasteiger charge is 2.08. The molecule has 1 rings (SSSR count). The van der Waals surface area contributed by atoms with Crippen LogP contribution in [0.4, 0.5) is 5.69 Å². The number of hydrogen-bond acceptors (Lipinski definition) is 4.